The molecular weight excluding hydrogens is 466 g/mol. The van der Waals surface area contributed by atoms with E-state index in [9.17, 15) is 9.90 Å². The predicted molar refractivity (Wildman–Crippen MR) is 134 cm³/mol. The molecule has 182 valence electrons. The molecule has 8 heteroatoms. The third kappa shape index (κ3) is 5.93. The van der Waals surface area contributed by atoms with Crippen LogP contribution in [0.2, 0.25) is 5.15 Å². The van der Waals surface area contributed by atoms with Gasteiger partial charge in [-0.15, -0.1) is 0 Å². The first-order valence-corrected chi connectivity index (χ1v) is 11.7. The van der Waals surface area contributed by atoms with E-state index in [2.05, 4.69) is 10.00 Å². The fourth-order valence-corrected chi connectivity index (χ4v) is 4.06. The standard InChI is InChI=1S/C27H28ClN3O4/c1-19-24(25(28)31(29-19)21-8-5-4-6-9-21)18-30(17-23-10-7-15-34-23)16-20-11-13-22(14-12-20)35-27(2,3)26(32)33/h4-15H,16-18H2,1-3H3,(H,32,33). The van der Waals surface area contributed by atoms with E-state index < -0.39 is 11.6 Å². The van der Waals surface area contributed by atoms with E-state index in [0.29, 0.717) is 30.5 Å². The third-order valence-corrected chi connectivity index (χ3v) is 6.07. The van der Waals surface area contributed by atoms with Gasteiger partial charge in [-0.2, -0.15) is 5.10 Å². The fourth-order valence-electron chi connectivity index (χ4n) is 3.72. The van der Waals surface area contributed by atoms with E-state index in [-0.39, 0.29) is 0 Å². The van der Waals surface area contributed by atoms with Crippen molar-refractivity contribution in [2.75, 3.05) is 0 Å². The SMILES string of the molecule is Cc1nn(-c2ccccc2)c(Cl)c1CN(Cc1ccc(OC(C)(C)C(=O)O)cc1)Cc1ccco1. The second-order valence-electron chi connectivity index (χ2n) is 8.89. The molecule has 0 saturated carbocycles. The summed E-state index contributed by atoms with van der Waals surface area (Å²) in [5.74, 6) is 0.327. The quantitative estimate of drug-likeness (QED) is 0.297. The van der Waals surface area contributed by atoms with Gasteiger partial charge in [-0.25, -0.2) is 9.48 Å². The first kappa shape index (κ1) is 24.6. The summed E-state index contributed by atoms with van der Waals surface area (Å²) in [5, 5.41) is 14.5. The Labute approximate surface area is 209 Å². The summed E-state index contributed by atoms with van der Waals surface area (Å²) in [7, 11) is 0. The normalized spacial score (nSPS) is 11.7. The van der Waals surface area contributed by atoms with Gasteiger partial charge in [-0.1, -0.05) is 41.9 Å². The minimum absolute atomic E-state index is 0.502. The van der Waals surface area contributed by atoms with Crippen LogP contribution in [0.15, 0.2) is 77.4 Å². The van der Waals surface area contributed by atoms with Crippen molar-refractivity contribution in [3.8, 4) is 11.4 Å². The van der Waals surface area contributed by atoms with Crippen molar-refractivity contribution in [1.29, 1.82) is 0 Å². The van der Waals surface area contributed by atoms with E-state index >= 15 is 0 Å². The fraction of sp³-hybridized carbons (Fsp3) is 0.259. The van der Waals surface area contributed by atoms with Crippen LogP contribution in [0.3, 0.4) is 0 Å². The highest BCUT2D eigenvalue weighted by molar-refractivity contribution is 6.30. The number of aryl methyl sites for hydroxylation is 1. The lowest BCUT2D eigenvalue weighted by Gasteiger charge is -2.23. The van der Waals surface area contributed by atoms with Gasteiger partial charge >= 0.3 is 5.97 Å². The zero-order valence-electron chi connectivity index (χ0n) is 19.9. The van der Waals surface area contributed by atoms with E-state index in [1.54, 1.807) is 23.1 Å². The second-order valence-corrected chi connectivity index (χ2v) is 9.25. The van der Waals surface area contributed by atoms with Gasteiger partial charge in [-0.05, 0) is 62.7 Å². The van der Waals surface area contributed by atoms with Crippen LogP contribution in [0.25, 0.3) is 5.69 Å². The number of aromatic nitrogens is 2. The van der Waals surface area contributed by atoms with Crippen molar-refractivity contribution in [3.05, 3.63) is 101 Å². The smallest absolute Gasteiger partial charge is 0.347 e. The molecule has 2 aromatic heterocycles. The Bertz CT molecular complexity index is 1270. The van der Waals surface area contributed by atoms with E-state index in [4.69, 9.17) is 20.8 Å². The Hall–Kier alpha value is -3.55. The second kappa shape index (κ2) is 10.4. The average molecular weight is 494 g/mol. The van der Waals surface area contributed by atoms with Crippen molar-refractivity contribution in [3.63, 3.8) is 0 Å². The van der Waals surface area contributed by atoms with Crippen molar-refractivity contribution in [2.24, 2.45) is 0 Å². The molecule has 4 aromatic rings. The van der Waals surface area contributed by atoms with Crippen LogP contribution in [0.1, 0.15) is 36.4 Å². The molecule has 0 atom stereocenters. The molecule has 0 unspecified atom stereocenters. The Morgan fingerprint density at radius 2 is 1.77 bits per heavy atom. The highest BCUT2D eigenvalue weighted by Crippen LogP contribution is 2.27. The van der Waals surface area contributed by atoms with Gasteiger partial charge in [0.2, 0.25) is 0 Å². The molecule has 35 heavy (non-hydrogen) atoms. The van der Waals surface area contributed by atoms with E-state index in [1.807, 2.05) is 61.5 Å². The first-order valence-electron chi connectivity index (χ1n) is 11.3. The minimum Gasteiger partial charge on any atom is -0.478 e. The molecular formula is C27H28ClN3O4. The molecule has 0 aliphatic carbocycles. The number of halogens is 1. The summed E-state index contributed by atoms with van der Waals surface area (Å²) < 4.78 is 13.0. The molecule has 0 aliphatic rings. The molecule has 0 radical (unpaired) electrons. The molecule has 2 aromatic carbocycles. The predicted octanol–water partition coefficient (Wildman–Crippen LogP) is 5.87. The molecule has 0 fully saturated rings. The molecule has 4 rings (SSSR count). The topological polar surface area (TPSA) is 80.7 Å². The third-order valence-electron chi connectivity index (χ3n) is 5.68. The molecule has 0 amide bonds. The van der Waals surface area contributed by atoms with Crippen molar-refractivity contribution in [2.45, 2.75) is 46.0 Å². The van der Waals surface area contributed by atoms with Gasteiger partial charge in [0.05, 0.1) is 24.2 Å². The molecule has 1 N–H and O–H groups in total. The van der Waals surface area contributed by atoms with E-state index in [1.165, 1.54) is 13.8 Å². The van der Waals surface area contributed by atoms with Crippen molar-refractivity contribution in [1.82, 2.24) is 14.7 Å². The Balaban J connectivity index is 1.55. The monoisotopic (exact) mass is 493 g/mol. The summed E-state index contributed by atoms with van der Waals surface area (Å²) in [6, 6.07) is 21.1. The lowest BCUT2D eigenvalue weighted by atomic mass is 10.1. The number of ether oxygens (including phenoxy) is 1. The van der Waals surface area contributed by atoms with Crippen LogP contribution in [0.5, 0.6) is 5.75 Å². The Morgan fingerprint density at radius 3 is 2.40 bits per heavy atom. The zero-order valence-corrected chi connectivity index (χ0v) is 20.7. The summed E-state index contributed by atoms with van der Waals surface area (Å²) in [4.78, 5) is 13.6. The molecule has 7 nitrogen and oxygen atoms in total. The summed E-state index contributed by atoms with van der Waals surface area (Å²) in [6.45, 7) is 6.79. The molecule has 2 heterocycles. The van der Waals surface area contributed by atoms with Gasteiger partial charge in [-0.3, -0.25) is 4.90 Å². The number of carboxylic acids is 1. The van der Waals surface area contributed by atoms with Gasteiger partial charge < -0.3 is 14.3 Å². The number of aliphatic carboxylic acids is 1. The van der Waals surface area contributed by atoms with Crippen LogP contribution in [0.4, 0.5) is 0 Å². The van der Waals surface area contributed by atoms with Crippen molar-refractivity contribution >= 4 is 17.6 Å². The van der Waals surface area contributed by atoms with Gasteiger partial charge in [0.25, 0.3) is 0 Å². The number of hydrogen-bond donors (Lipinski definition) is 1. The highest BCUT2D eigenvalue weighted by atomic mass is 35.5. The maximum Gasteiger partial charge on any atom is 0.347 e. The molecule has 0 bridgehead atoms. The van der Waals surface area contributed by atoms with Gasteiger partial charge in [0.15, 0.2) is 5.60 Å². The number of nitrogens with zero attached hydrogens (tertiary/aromatic N) is 3. The lowest BCUT2D eigenvalue weighted by Crippen LogP contribution is -2.37. The maximum absolute atomic E-state index is 11.4. The minimum atomic E-state index is -1.31. The summed E-state index contributed by atoms with van der Waals surface area (Å²) >= 11 is 6.79. The van der Waals surface area contributed by atoms with Gasteiger partial charge in [0.1, 0.15) is 16.7 Å². The number of carboxylic acid groups (broad SMARTS) is 1. The number of hydrogen-bond acceptors (Lipinski definition) is 5. The zero-order chi connectivity index (χ0) is 25.0. The van der Waals surface area contributed by atoms with Crippen LogP contribution < -0.4 is 4.74 Å². The molecule has 0 saturated heterocycles. The number of rotatable bonds is 10. The maximum atomic E-state index is 11.4. The van der Waals surface area contributed by atoms with Gasteiger partial charge in [0, 0.05) is 18.7 Å². The number of benzene rings is 2. The number of para-hydroxylation sites is 1. The average Bonchev–Trinajstić information content (AvgIpc) is 3.44. The molecule has 0 aliphatic heterocycles. The van der Waals surface area contributed by atoms with Crippen molar-refractivity contribution < 1.29 is 19.1 Å². The lowest BCUT2D eigenvalue weighted by molar-refractivity contribution is -0.152. The Morgan fingerprint density at radius 1 is 1.06 bits per heavy atom. The highest BCUT2D eigenvalue weighted by Gasteiger charge is 2.29. The van der Waals surface area contributed by atoms with Crippen LogP contribution in [-0.2, 0) is 24.4 Å². The largest absolute Gasteiger partial charge is 0.478 e. The van der Waals surface area contributed by atoms with Crippen LogP contribution in [-0.4, -0.2) is 31.4 Å². The number of carbonyl (C=O) groups is 1. The number of furan rings is 1. The summed E-state index contributed by atoms with van der Waals surface area (Å²) in [6.07, 6.45) is 1.66. The van der Waals surface area contributed by atoms with Crippen LogP contribution >= 0.6 is 11.6 Å². The van der Waals surface area contributed by atoms with E-state index in [0.717, 1.165) is 28.3 Å². The van der Waals surface area contributed by atoms with Crippen LogP contribution in [0, 0.1) is 6.92 Å². The Kier molecular flexibility index (Phi) is 7.28. The first-order chi connectivity index (χ1) is 16.7. The summed E-state index contributed by atoms with van der Waals surface area (Å²) in [5.41, 5.74) is 2.46. The molecule has 0 spiro atoms.